The average Bonchev–Trinajstić information content (AvgIpc) is 2.34. The Hall–Kier alpha value is -1.32. The van der Waals surface area contributed by atoms with Gasteiger partial charge in [0.15, 0.2) is 0 Å². The third-order valence-corrected chi connectivity index (χ3v) is 0.912. The topological polar surface area (TPSA) is 67.6 Å². The summed E-state index contributed by atoms with van der Waals surface area (Å²) in [5.41, 5.74) is 5.10. The van der Waals surface area contributed by atoms with Crippen LogP contribution in [0.1, 0.15) is 5.82 Å². The van der Waals surface area contributed by atoms with Crippen molar-refractivity contribution < 1.29 is 0 Å². The normalized spacial score (nSPS) is 10.7. The number of H-pyrrole nitrogens is 1. The summed E-state index contributed by atoms with van der Waals surface area (Å²) in [6, 6.07) is 0. The number of nitrogens with zero attached hydrogens (tertiary/aromatic N) is 2. The van der Waals surface area contributed by atoms with Gasteiger partial charge in [-0.15, -0.1) is 0 Å². The lowest BCUT2D eigenvalue weighted by molar-refractivity contribution is 0.989. The van der Waals surface area contributed by atoms with Crippen molar-refractivity contribution in [3.63, 3.8) is 0 Å². The van der Waals surface area contributed by atoms with Crippen LogP contribution in [-0.4, -0.2) is 15.2 Å². The minimum atomic E-state index is 0.719. The number of hydrogen-bond donors (Lipinski definition) is 2. The van der Waals surface area contributed by atoms with Crippen LogP contribution in [0.25, 0.3) is 0 Å². The average molecular weight is 124 g/mol. The van der Waals surface area contributed by atoms with Crippen LogP contribution in [0.4, 0.5) is 0 Å². The fraction of sp³-hybridized carbons (Fsp3) is 0.200. The highest BCUT2D eigenvalue weighted by Crippen LogP contribution is 1.86. The van der Waals surface area contributed by atoms with Gasteiger partial charge in [0.05, 0.1) is 0 Å². The molecule has 0 bridgehead atoms. The summed E-state index contributed by atoms with van der Waals surface area (Å²) in [7, 11) is 0. The fourth-order valence-corrected chi connectivity index (χ4v) is 0.509. The molecule has 1 rings (SSSR count). The summed E-state index contributed by atoms with van der Waals surface area (Å²) < 4.78 is 0. The second-order valence-corrected chi connectivity index (χ2v) is 1.56. The van der Waals surface area contributed by atoms with E-state index in [1.807, 2.05) is 0 Å². The highest BCUT2D eigenvalue weighted by molar-refractivity contribution is 4.91. The molecular formula is C5H8N4. The predicted octanol–water partition coefficient (Wildman–Crippen LogP) is -0.180. The largest absolute Gasteiger partial charge is 0.405 e. The summed E-state index contributed by atoms with van der Waals surface area (Å²) in [5, 5.41) is 6.37. The number of nitrogens with two attached hydrogens (primary N) is 1. The maximum atomic E-state index is 5.10. The molecule has 0 aromatic carbocycles. The first-order chi connectivity index (χ1) is 4.43. The van der Waals surface area contributed by atoms with Crippen molar-refractivity contribution in [2.45, 2.75) is 6.42 Å². The molecule has 0 aliphatic rings. The zero-order chi connectivity index (χ0) is 6.53. The van der Waals surface area contributed by atoms with E-state index in [2.05, 4.69) is 15.2 Å². The third kappa shape index (κ3) is 1.56. The highest BCUT2D eigenvalue weighted by Gasteiger charge is 1.87. The van der Waals surface area contributed by atoms with Gasteiger partial charge in [0.1, 0.15) is 12.2 Å². The van der Waals surface area contributed by atoms with Crippen LogP contribution in [0, 0.1) is 0 Å². The minimum Gasteiger partial charge on any atom is -0.405 e. The molecule has 4 nitrogen and oxygen atoms in total. The molecule has 0 aliphatic heterocycles. The van der Waals surface area contributed by atoms with Crippen LogP contribution in [0.2, 0.25) is 0 Å². The molecule has 0 aliphatic carbocycles. The second-order valence-electron chi connectivity index (χ2n) is 1.56. The molecule has 0 fully saturated rings. The Balaban J connectivity index is 2.48. The Bertz CT molecular complexity index is 177. The monoisotopic (exact) mass is 124 g/mol. The van der Waals surface area contributed by atoms with Crippen LogP contribution < -0.4 is 5.73 Å². The Morgan fingerprint density at radius 1 is 1.78 bits per heavy atom. The summed E-state index contributed by atoms with van der Waals surface area (Å²) >= 11 is 0. The number of aromatic nitrogens is 3. The number of rotatable bonds is 2. The SMILES string of the molecule is NC=CCc1ncn[nH]1. The molecular weight excluding hydrogens is 116 g/mol. The lowest BCUT2D eigenvalue weighted by Gasteiger charge is -1.82. The molecule has 1 aromatic rings. The first-order valence-electron chi connectivity index (χ1n) is 2.64. The summed E-state index contributed by atoms with van der Waals surface area (Å²) in [6.45, 7) is 0. The van der Waals surface area contributed by atoms with Crippen LogP contribution >= 0.6 is 0 Å². The van der Waals surface area contributed by atoms with E-state index >= 15 is 0 Å². The van der Waals surface area contributed by atoms with E-state index < -0.39 is 0 Å². The van der Waals surface area contributed by atoms with Crippen LogP contribution in [0.3, 0.4) is 0 Å². The van der Waals surface area contributed by atoms with Gasteiger partial charge in [-0.1, -0.05) is 6.08 Å². The van der Waals surface area contributed by atoms with Gasteiger partial charge in [0, 0.05) is 6.42 Å². The van der Waals surface area contributed by atoms with Gasteiger partial charge >= 0.3 is 0 Å². The Morgan fingerprint density at radius 2 is 2.67 bits per heavy atom. The molecule has 9 heavy (non-hydrogen) atoms. The van der Waals surface area contributed by atoms with E-state index in [0.717, 1.165) is 12.2 Å². The molecule has 48 valence electrons. The van der Waals surface area contributed by atoms with Crippen LogP contribution in [0.5, 0.6) is 0 Å². The van der Waals surface area contributed by atoms with Crippen LogP contribution in [0.15, 0.2) is 18.6 Å². The molecule has 0 amide bonds. The number of hydrogen-bond acceptors (Lipinski definition) is 3. The molecule has 0 saturated heterocycles. The Labute approximate surface area is 52.8 Å². The van der Waals surface area contributed by atoms with Crippen molar-refractivity contribution >= 4 is 0 Å². The van der Waals surface area contributed by atoms with E-state index in [0.29, 0.717) is 0 Å². The molecule has 3 N–H and O–H groups in total. The minimum absolute atomic E-state index is 0.719. The van der Waals surface area contributed by atoms with E-state index in [9.17, 15) is 0 Å². The maximum Gasteiger partial charge on any atom is 0.137 e. The number of allylic oxidation sites excluding steroid dienone is 1. The fourth-order valence-electron chi connectivity index (χ4n) is 0.509. The van der Waals surface area contributed by atoms with Crippen molar-refractivity contribution in [2.75, 3.05) is 0 Å². The van der Waals surface area contributed by atoms with Gasteiger partial charge < -0.3 is 5.73 Å². The molecule has 0 spiro atoms. The Kier molecular flexibility index (Phi) is 1.85. The smallest absolute Gasteiger partial charge is 0.137 e. The summed E-state index contributed by atoms with van der Waals surface area (Å²) in [6.07, 6.45) is 5.49. The van der Waals surface area contributed by atoms with Gasteiger partial charge in [0.25, 0.3) is 0 Å². The van der Waals surface area contributed by atoms with Crippen LogP contribution in [-0.2, 0) is 6.42 Å². The first-order valence-corrected chi connectivity index (χ1v) is 2.64. The van der Waals surface area contributed by atoms with Gasteiger partial charge in [-0.05, 0) is 6.20 Å². The quantitative estimate of drug-likeness (QED) is 0.574. The van der Waals surface area contributed by atoms with E-state index in [1.165, 1.54) is 12.5 Å². The zero-order valence-corrected chi connectivity index (χ0v) is 4.91. The molecule has 0 radical (unpaired) electrons. The van der Waals surface area contributed by atoms with Gasteiger partial charge in [-0.25, -0.2) is 4.98 Å². The lowest BCUT2D eigenvalue weighted by Crippen LogP contribution is -1.85. The van der Waals surface area contributed by atoms with Gasteiger partial charge in [-0.3, -0.25) is 5.10 Å². The van der Waals surface area contributed by atoms with Crippen molar-refractivity contribution in [2.24, 2.45) is 5.73 Å². The van der Waals surface area contributed by atoms with E-state index in [-0.39, 0.29) is 0 Å². The summed E-state index contributed by atoms with van der Waals surface area (Å²) in [4.78, 5) is 3.88. The lowest BCUT2D eigenvalue weighted by atomic mass is 10.4. The molecule has 1 heterocycles. The third-order valence-electron chi connectivity index (χ3n) is 0.912. The van der Waals surface area contributed by atoms with Crippen molar-refractivity contribution in [1.29, 1.82) is 0 Å². The number of nitrogens with one attached hydrogen (secondary N) is 1. The Morgan fingerprint density at radius 3 is 3.22 bits per heavy atom. The van der Waals surface area contributed by atoms with E-state index in [4.69, 9.17) is 5.73 Å². The van der Waals surface area contributed by atoms with Crippen molar-refractivity contribution in [3.8, 4) is 0 Å². The van der Waals surface area contributed by atoms with Gasteiger partial charge in [0.2, 0.25) is 0 Å². The molecule has 4 heteroatoms. The van der Waals surface area contributed by atoms with Crippen molar-refractivity contribution in [3.05, 3.63) is 24.4 Å². The van der Waals surface area contributed by atoms with Crippen molar-refractivity contribution in [1.82, 2.24) is 15.2 Å². The summed E-state index contributed by atoms with van der Waals surface area (Å²) in [5.74, 6) is 0.830. The standard InChI is InChI=1S/C5H8N4/c6-3-1-2-5-7-4-8-9-5/h1,3-4H,2,6H2,(H,7,8,9). The first kappa shape index (κ1) is 5.81. The molecule has 0 unspecified atom stereocenters. The predicted molar refractivity (Wildman–Crippen MR) is 33.4 cm³/mol. The second kappa shape index (κ2) is 2.86. The zero-order valence-electron chi connectivity index (χ0n) is 4.91. The van der Waals surface area contributed by atoms with E-state index in [1.54, 1.807) is 6.08 Å². The maximum absolute atomic E-state index is 5.10. The molecule has 1 aromatic heterocycles. The molecule has 0 atom stereocenters. The highest BCUT2D eigenvalue weighted by atomic mass is 15.2. The number of aromatic amines is 1. The van der Waals surface area contributed by atoms with Gasteiger partial charge in [-0.2, -0.15) is 5.10 Å². The molecule has 0 saturated carbocycles.